The lowest BCUT2D eigenvalue weighted by molar-refractivity contribution is -0.145. The molecular weight excluding hydrogens is 176 g/mol. The zero-order valence-electron chi connectivity index (χ0n) is 8.69. The van der Waals surface area contributed by atoms with E-state index in [1.165, 1.54) is 0 Å². The average molecular weight is 192 g/mol. The van der Waals surface area contributed by atoms with Gasteiger partial charge in [0.05, 0.1) is 12.5 Å². The van der Waals surface area contributed by atoms with Crippen molar-refractivity contribution in [2.75, 3.05) is 6.61 Å². The van der Waals surface area contributed by atoms with Crippen LogP contribution in [-0.2, 0) is 9.53 Å². The summed E-state index contributed by atoms with van der Waals surface area (Å²) in [6.45, 7) is 4.36. The smallest absolute Gasteiger partial charge is 0.313 e. The second-order valence-electron chi connectivity index (χ2n) is 3.30. The molecule has 1 unspecified atom stereocenters. The van der Waals surface area contributed by atoms with Gasteiger partial charge in [-0.2, -0.15) is 0 Å². The zero-order valence-corrected chi connectivity index (χ0v) is 8.69. The predicted octanol–water partition coefficient (Wildman–Crippen LogP) is 2.74. The van der Waals surface area contributed by atoms with Gasteiger partial charge in [0.25, 0.3) is 0 Å². The Bertz CT molecular complexity index is 280. The standard InChI is InChI=1S/C12H16O2/c1-3-9-14-12(13)10(2)11-7-5-4-6-8-11/h4-8,10H,3,9H2,1-2H3. The summed E-state index contributed by atoms with van der Waals surface area (Å²) in [5.41, 5.74) is 1.01. The highest BCUT2D eigenvalue weighted by Crippen LogP contribution is 2.15. The van der Waals surface area contributed by atoms with Gasteiger partial charge in [-0.25, -0.2) is 0 Å². The quantitative estimate of drug-likeness (QED) is 0.686. The van der Waals surface area contributed by atoms with Gasteiger partial charge in [-0.15, -0.1) is 0 Å². The molecule has 0 aliphatic rings. The molecule has 0 saturated heterocycles. The van der Waals surface area contributed by atoms with E-state index >= 15 is 0 Å². The fourth-order valence-electron chi connectivity index (χ4n) is 1.21. The summed E-state index contributed by atoms with van der Waals surface area (Å²) in [5.74, 6) is -0.305. The van der Waals surface area contributed by atoms with Crippen LogP contribution in [0, 0.1) is 0 Å². The molecule has 0 spiro atoms. The Balaban J connectivity index is 2.57. The van der Waals surface area contributed by atoms with Crippen LogP contribution in [0.25, 0.3) is 0 Å². The lowest BCUT2D eigenvalue weighted by Gasteiger charge is -2.10. The second-order valence-corrected chi connectivity index (χ2v) is 3.30. The minimum absolute atomic E-state index is 0.141. The fraction of sp³-hybridized carbons (Fsp3) is 0.417. The van der Waals surface area contributed by atoms with Crippen molar-refractivity contribution >= 4 is 5.97 Å². The lowest BCUT2D eigenvalue weighted by Crippen LogP contribution is -2.13. The average Bonchev–Trinajstić information content (AvgIpc) is 2.26. The molecule has 1 aromatic carbocycles. The van der Waals surface area contributed by atoms with Crippen molar-refractivity contribution in [3.63, 3.8) is 0 Å². The van der Waals surface area contributed by atoms with E-state index in [0.717, 1.165) is 12.0 Å². The Labute approximate surface area is 84.9 Å². The molecule has 2 heteroatoms. The highest BCUT2D eigenvalue weighted by molar-refractivity contribution is 5.77. The summed E-state index contributed by atoms with van der Waals surface area (Å²) in [6.07, 6.45) is 0.868. The van der Waals surface area contributed by atoms with Crippen LogP contribution >= 0.6 is 0 Å². The van der Waals surface area contributed by atoms with Crippen LogP contribution in [0.4, 0.5) is 0 Å². The topological polar surface area (TPSA) is 26.3 Å². The second kappa shape index (κ2) is 5.43. The number of hydrogen-bond acceptors (Lipinski definition) is 2. The third kappa shape index (κ3) is 2.87. The third-order valence-corrected chi connectivity index (χ3v) is 2.10. The Kier molecular flexibility index (Phi) is 4.17. The Morgan fingerprint density at radius 1 is 1.36 bits per heavy atom. The van der Waals surface area contributed by atoms with Crippen LogP contribution in [0.1, 0.15) is 31.7 Å². The van der Waals surface area contributed by atoms with Gasteiger partial charge in [0, 0.05) is 0 Å². The van der Waals surface area contributed by atoms with E-state index in [-0.39, 0.29) is 11.9 Å². The first-order chi connectivity index (χ1) is 6.75. The Morgan fingerprint density at radius 3 is 2.57 bits per heavy atom. The van der Waals surface area contributed by atoms with Gasteiger partial charge in [-0.05, 0) is 18.9 Å². The molecule has 0 radical (unpaired) electrons. The molecule has 0 aliphatic heterocycles. The summed E-state index contributed by atoms with van der Waals surface area (Å²) in [4.78, 5) is 11.5. The van der Waals surface area contributed by atoms with Gasteiger partial charge >= 0.3 is 5.97 Å². The van der Waals surface area contributed by atoms with Gasteiger partial charge in [-0.1, -0.05) is 37.3 Å². The van der Waals surface area contributed by atoms with Gasteiger partial charge in [-0.3, -0.25) is 4.79 Å². The van der Waals surface area contributed by atoms with E-state index < -0.39 is 0 Å². The van der Waals surface area contributed by atoms with Gasteiger partial charge in [0.15, 0.2) is 0 Å². The molecule has 0 bridgehead atoms. The van der Waals surface area contributed by atoms with E-state index in [9.17, 15) is 4.79 Å². The van der Waals surface area contributed by atoms with Crippen molar-refractivity contribution in [2.24, 2.45) is 0 Å². The molecule has 0 amide bonds. The summed E-state index contributed by atoms with van der Waals surface area (Å²) >= 11 is 0. The molecule has 0 heterocycles. The number of carbonyl (C=O) groups excluding carboxylic acids is 1. The minimum Gasteiger partial charge on any atom is -0.465 e. The maximum atomic E-state index is 11.5. The largest absolute Gasteiger partial charge is 0.465 e. The first kappa shape index (κ1) is 10.8. The molecule has 1 rings (SSSR count). The summed E-state index contributed by atoms with van der Waals surface area (Å²) < 4.78 is 5.07. The van der Waals surface area contributed by atoms with E-state index in [1.54, 1.807) is 0 Å². The van der Waals surface area contributed by atoms with Crippen molar-refractivity contribution in [3.8, 4) is 0 Å². The monoisotopic (exact) mass is 192 g/mol. The molecule has 0 aromatic heterocycles. The summed E-state index contributed by atoms with van der Waals surface area (Å²) in [6, 6.07) is 9.68. The van der Waals surface area contributed by atoms with E-state index in [2.05, 4.69) is 0 Å². The van der Waals surface area contributed by atoms with Crippen molar-refractivity contribution < 1.29 is 9.53 Å². The van der Waals surface area contributed by atoms with E-state index in [1.807, 2.05) is 44.2 Å². The van der Waals surface area contributed by atoms with Crippen LogP contribution in [0.15, 0.2) is 30.3 Å². The highest BCUT2D eigenvalue weighted by atomic mass is 16.5. The van der Waals surface area contributed by atoms with Crippen molar-refractivity contribution in [2.45, 2.75) is 26.2 Å². The Morgan fingerprint density at radius 2 is 2.00 bits per heavy atom. The molecule has 0 aliphatic carbocycles. The highest BCUT2D eigenvalue weighted by Gasteiger charge is 2.15. The third-order valence-electron chi connectivity index (χ3n) is 2.10. The number of hydrogen-bond donors (Lipinski definition) is 0. The molecule has 0 N–H and O–H groups in total. The van der Waals surface area contributed by atoms with Gasteiger partial charge in [0.1, 0.15) is 0 Å². The van der Waals surface area contributed by atoms with Crippen LogP contribution in [0.2, 0.25) is 0 Å². The Hall–Kier alpha value is -1.31. The number of benzene rings is 1. The maximum Gasteiger partial charge on any atom is 0.313 e. The molecule has 0 fully saturated rings. The van der Waals surface area contributed by atoms with Gasteiger partial charge < -0.3 is 4.74 Å². The van der Waals surface area contributed by atoms with Crippen LogP contribution in [0.3, 0.4) is 0 Å². The molecule has 1 atom stereocenters. The number of ether oxygens (including phenoxy) is 1. The molecule has 2 nitrogen and oxygen atoms in total. The minimum atomic E-state index is -0.164. The number of carbonyl (C=O) groups is 1. The van der Waals surface area contributed by atoms with E-state index in [0.29, 0.717) is 6.61 Å². The lowest BCUT2D eigenvalue weighted by atomic mass is 10.0. The van der Waals surface area contributed by atoms with Crippen molar-refractivity contribution in [1.82, 2.24) is 0 Å². The first-order valence-corrected chi connectivity index (χ1v) is 4.97. The summed E-state index contributed by atoms with van der Waals surface area (Å²) in [7, 11) is 0. The maximum absolute atomic E-state index is 11.5. The van der Waals surface area contributed by atoms with Gasteiger partial charge in [0.2, 0.25) is 0 Å². The van der Waals surface area contributed by atoms with Crippen LogP contribution < -0.4 is 0 Å². The normalized spacial score (nSPS) is 12.1. The van der Waals surface area contributed by atoms with Crippen molar-refractivity contribution in [3.05, 3.63) is 35.9 Å². The molecule has 1 aromatic rings. The van der Waals surface area contributed by atoms with Crippen molar-refractivity contribution in [1.29, 1.82) is 0 Å². The summed E-state index contributed by atoms with van der Waals surface area (Å²) in [5, 5.41) is 0. The van der Waals surface area contributed by atoms with Crippen LogP contribution in [-0.4, -0.2) is 12.6 Å². The molecule has 0 saturated carbocycles. The first-order valence-electron chi connectivity index (χ1n) is 4.97. The SMILES string of the molecule is CCCOC(=O)C(C)c1ccccc1. The van der Waals surface area contributed by atoms with E-state index in [4.69, 9.17) is 4.74 Å². The molecule has 76 valence electrons. The molecule has 14 heavy (non-hydrogen) atoms. The fourth-order valence-corrected chi connectivity index (χ4v) is 1.21. The predicted molar refractivity (Wildman–Crippen MR) is 56.1 cm³/mol. The van der Waals surface area contributed by atoms with Crippen LogP contribution in [0.5, 0.6) is 0 Å². The number of rotatable bonds is 4. The molecular formula is C12H16O2. The number of esters is 1. The zero-order chi connectivity index (χ0) is 10.4.